The number of fused-ring (bicyclic) bond motifs is 5. The summed E-state index contributed by atoms with van der Waals surface area (Å²) in [5.41, 5.74) is 0.0515. The van der Waals surface area contributed by atoms with E-state index < -0.39 is 0 Å². The Morgan fingerprint density at radius 2 is 1.73 bits per heavy atom. The molecule has 0 aromatic carbocycles. The molecule has 0 radical (unpaired) electrons. The fourth-order valence-electron chi connectivity index (χ4n) is 7.48. The van der Waals surface area contributed by atoms with Crippen molar-refractivity contribution < 1.29 is 19.1 Å². The van der Waals surface area contributed by atoms with E-state index >= 15 is 0 Å². The second-order valence-corrected chi connectivity index (χ2v) is 9.72. The molecule has 4 heteroatoms. The molecule has 5 unspecified atom stereocenters. The predicted octanol–water partition coefficient (Wildman–Crippen LogP) is 3.95. The number of carbonyl (C=O) groups excluding carboxylic acids is 3. The predicted molar refractivity (Wildman–Crippen MR) is 97.2 cm³/mol. The van der Waals surface area contributed by atoms with Crippen LogP contribution in [0.2, 0.25) is 0 Å². The van der Waals surface area contributed by atoms with Crippen molar-refractivity contribution in [2.24, 2.45) is 40.9 Å². The molecule has 4 nitrogen and oxygen atoms in total. The summed E-state index contributed by atoms with van der Waals surface area (Å²) < 4.78 is 5.50. The molecule has 0 aromatic heterocycles. The first-order valence-electron chi connectivity index (χ1n) is 10.5. The molecule has 0 saturated heterocycles. The molecule has 0 heterocycles. The maximum Gasteiger partial charge on any atom is 0.302 e. The van der Waals surface area contributed by atoms with Crippen LogP contribution in [0.25, 0.3) is 0 Å². The van der Waals surface area contributed by atoms with Crippen molar-refractivity contribution in [3.8, 4) is 0 Å². The lowest BCUT2D eigenvalue weighted by Crippen LogP contribution is -2.55. The van der Waals surface area contributed by atoms with Gasteiger partial charge in [-0.3, -0.25) is 14.4 Å². The number of hydrogen-bond donors (Lipinski definition) is 0. The van der Waals surface area contributed by atoms with Gasteiger partial charge in [0.2, 0.25) is 0 Å². The van der Waals surface area contributed by atoms with Crippen LogP contribution in [0.4, 0.5) is 0 Å². The van der Waals surface area contributed by atoms with Gasteiger partial charge in [-0.2, -0.15) is 0 Å². The molecule has 0 amide bonds. The van der Waals surface area contributed by atoms with Crippen LogP contribution in [-0.4, -0.2) is 23.6 Å². The summed E-state index contributed by atoms with van der Waals surface area (Å²) in [6.07, 6.45) is 7.77. The van der Waals surface area contributed by atoms with Crippen LogP contribution in [0, 0.1) is 40.9 Å². The third-order valence-corrected chi connectivity index (χ3v) is 8.54. The molecule has 8 atom stereocenters. The Morgan fingerprint density at radius 3 is 2.42 bits per heavy atom. The molecule has 4 aliphatic carbocycles. The third-order valence-electron chi connectivity index (χ3n) is 8.54. The number of Topliss-reactive ketones (excluding diaryl/α,β-unsaturated/α-hetero) is 2. The summed E-state index contributed by atoms with van der Waals surface area (Å²) >= 11 is 0. The molecule has 26 heavy (non-hydrogen) atoms. The summed E-state index contributed by atoms with van der Waals surface area (Å²) in [4.78, 5) is 36.6. The summed E-state index contributed by atoms with van der Waals surface area (Å²) in [6, 6.07) is 0. The van der Waals surface area contributed by atoms with Crippen LogP contribution in [-0.2, 0) is 19.1 Å². The first-order chi connectivity index (χ1) is 12.3. The monoisotopic (exact) mass is 360 g/mol. The average molecular weight is 360 g/mol. The van der Waals surface area contributed by atoms with Gasteiger partial charge < -0.3 is 4.74 Å². The highest BCUT2D eigenvalue weighted by molar-refractivity contribution is 5.86. The van der Waals surface area contributed by atoms with Crippen LogP contribution in [0.5, 0.6) is 0 Å². The van der Waals surface area contributed by atoms with Gasteiger partial charge >= 0.3 is 5.97 Å². The van der Waals surface area contributed by atoms with E-state index in [1.54, 1.807) is 6.92 Å². The lowest BCUT2D eigenvalue weighted by Gasteiger charge is -2.58. The van der Waals surface area contributed by atoms with Gasteiger partial charge in [0.1, 0.15) is 17.7 Å². The van der Waals surface area contributed by atoms with E-state index in [1.807, 2.05) is 0 Å². The van der Waals surface area contributed by atoms with Crippen molar-refractivity contribution in [2.75, 3.05) is 0 Å². The van der Waals surface area contributed by atoms with Gasteiger partial charge in [0.05, 0.1) is 0 Å². The minimum atomic E-state index is -0.190. The molecule has 0 bridgehead atoms. The van der Waals surface area contributed by atoms with E-state index in [1.165, 1.54) is 6.92 Å². The molecule has 0 aromatic rings. The molecule has 4 saturated carbocycles. The highest BCUT2D eigenvalue weighted by Gasteiger charge is 2.60. The Labute approximate surface area is 156 Å². The van der Waals surface area contributed by atoms with Crippen molar-refractivity contribution in [3.05, 3.63) is 0 Å². The standard InChI is InChI=1S/C22H32O4/c1-12(23)16-6-7-17-18-5-4-14-10-15(26-13(2)24)8-9-22(14,3)21(18)20(25)11-19(16)17/h14-19,21H,4-11H2,1-3H3/t14?,15?,16-,17?,18+,19?,21?,22+/m1/s1. The smallest absolute Gasteiger partial charge is 0.302 e. The van der Waals surface area contributed by atoms with E-state index in [9.17, 15) is 14.4 Å². The fourth-order valence-corrected chi connectivity index (χ4v) is 7.48. The lowest BCUT2D eigenvalue weighted by atomic mass is 9.46. The van der Waals surface area contributed by atoms with E-state index in [4.69, 9.17) is 4.74 Å². The molecule has 144 valence electrons. The van der Waals surface area contributed by atoms with E-state index in [-0.39, 0.29) is 35.1 Å². The maximum atomic E-state index is 13.3. The van der Waals surface area contributed by atoms with Crippen LogP contribution in [0.1, 0.15) is 72.1 Å². The van der Waals surface area contributed by atoms with Gasteiger partial charge in [0, 0.05) is 25.2 Å². The zero-order valence-electron chi connectivity index (χ0n) is 16.3. The van der Waals surface area contributed by atoms with Crippen LogP contribution in [0.3, 0.4) is 0 Å². The van der Waals surface area contributed by atoms with E-state index in [0.717, 1.165) is 44.9 Å². The van der Waals surface area contributed by atoms with E-state index in [0.29, 0.717) is 35.9 Å². The van der Waals surface area contributed by atoms with Gasteiger partial charge in [-0.05, 0) is 81.0 Å². The quantitative estimate of drug-likeness (QED) is 0.700. The van der Waals surface area contributed by atoms with Gasteiger partial charge in [0.15, 0.2) is 0 Å². The summed E-state index contributed by atoms with van der Waals surface area (Å²) in [5.74, 6) is 2.61. The second kappa shape index (κ2) is 6.45. The Hall–Kier alpha value is -1.19. The number of rotatable bonds is 2. The van der Waals surface area contributed by atoms with Crippen molar-refractivity contribution >= 4 is 17.5 Å². The zero-order chi connectivity index (χ0) is 18.6. The number of ether oxygens (including phenoxy) is 1. The van der Waals surface area contributed by atoms with Gasteiger partial charge in [-0.1, -0.05) is 6.92 Å². The van der Waals surface area contributed by atoms with Gasteiger partial charge in [0.25, 0.3) is 0 Å². The SMILES string of the molecule is CC(=O)OC1CC[C@@]2(C)C(CC[C@H]3C4CC[C@H](C(C)=O)C4CC(=O)C32)C1. The normalized spacial score (nSPS) is 47.5. The van der Waals surface area contributed by atoms with Gasteiger partial charge in [-0.25, -0.2) is 0 Å². The molecule has 4 aliphatic rings. The van der Waals surface area contributed by atoms with Crippen molar-refractivity contribution in [1.29, 1.82) is 0 Å². The topological polar surface area (TPSA) is 60.4 Å². The third kappa shape index (κ3) is 2.75. The van der Waals surface area contributed by atoms with Crippen LogP contribution in [0.15, 0.2) is 0 Å². The molecule has 4 rings (SSSR count). The summed E-state index contributed by atoms with van der Waals surface area (Å²) in [5, 5.41) is 0. The highest BCUT2D eigenvalue weighted by Crippen LogP contribution is 2.63. The second-order valence-electron chi connectivity index (χ2n) is 9.72. The lowest BCUT2D eigenvalue weighted by molar-refractivity contribution is -0.164. The Balaban J connectivity index is 1.56. The minimum Gasteiger partial charge on any atom is -0.463 e. The first-order valence-corrected chi connectivity index (χ1v) is 10.5. The zero-order valence-corrected chi connectivity index (χ0v) is 16.3. The molecule has 0 N–H and O–H groups in total. The first kappa shape index (κ1) is 18.2. The van der Waals surface area contributed by atoms with Crippen LogP contribution < -0.4 is 0 Å². The summed E-state index contributed by atoms with van der Waals surface area (Å²) in [7, 11) is 0. The molecule has 4 fully saturated rings. The average Bonchev–Trinajstić information content (AvgIpc) is 2.98. The number of hydrogen-bond acceptors (Lipinski definition) is 4. The highest BCUT2D eigenvalue weighted by atomic mass is 16.5. The van der Waals surface area contributed by atoms with Crippen molar-refractivity contribution in [1.82, 2.24) is 0 Å². The van der Waals surface area contributed by atoms with Gasteiger partial charge in [-0.15, -0.1) is 0 Å². The molecule has 0 aliphatic heterocycles. The summed E-state index contributed by atoms with van der Waals surface area (Å²) in [6.45, 7) is 5.52. The molecular formula is C22H32O4. The molecular weight excluding hydrogens is 328 g/mol. The number of esters is 1. The fraction of sp³-hybridized carbons (Fsp3) is 0.864. The van der Waals surface area contributed by atoms with Crippen molar-refractivity contribution in [2.45, 2.75) is 78.2 Å². The number of ketones is 2. The van der Waals surface area contributed by atoms with E-state index in [2.05, 4.69) is 6.92 Å². The maximum absolute atomic E-state index is 13.3. The largest absolute Gasteiger partial charge is 0.463 e. The number of carbonyl (C=O) groups is 3. The molecule has 0 spiro atoms. The van der Waals surface area contributed by atoms with Crippen molar-refractivity contribution in [3.63, 3.8) is 0 Å². The Bertz CT molecular complexity index is 626. The Morgan fingerprint density at radius 1 is 1.00 bits per heavy atom. The van der Waals surface area contributed by atoms with Crippen LogP contribution >= 0.6 is 0 Å². The minimum absolute atomic E-state index is 0.0298. The Kier molecular flexibility index (Phi) is 4.51.